The number of halogens is 1. The van der Waals surface area contributed by atoms with Gasteiger partial charge in [0.1, 0.15) is 11.6 Å². The van der Waals surface area contributed by atoms with Gasteiger partial charge in [0.2, 0.25) is 0 Å². The Hall–Kier alpha value is -2.94. The third kappa shape index (κ3) is 2.50. The molecule has 5 nitrogen and oxygen atoms in total. The Labute approximate surface area is 108 Å². The van der Waals surface area contributed by atoms with Crippen LogP contribution < -0.4 is 5.32 Å². The minimum Gasteiger partial charge on any atom is -0.478 e. The molecule has 2 rings (SSSR count). The van der Waals surface area contributed by atoms with E-state index in [0.29, 0.717) is 11.3 Å². The summed E-state index contributed by atoms with van der Waals surface area (Å²) >= 11 is 0. The third-order valence-corrected chi connectivity index (χ3v) is 2.42. The quantitative estimate of drug-likeness (QED) is 0.882. The fourth-order valence-electron chi connectivity index (χ4n) is 1.51. The van der Waals surface area contributed by atoms with Crippen LogP contribution in [0.4, 0.5) is 15.9 Å². The molecular formula is C13H8FN3O2. The summed E-state index contributed by atoms with van der Waals surface area (Å²) in [6.07, 6.45) is 1.18. The number of carboxylic acids is 1. The number of para-hydroxylation sites is 1. The Morgan fingerprint density at radius 1 is 1.37 bits per heavy atom. The monoisotopic (exact) mass is 257 g/mol. The van der Waals surface area contributed by atoms with Crippen LogP contribution in [0.3, 0.4) is 0 Å². The van der Waals surface area contributed by atoms with Gasteiger partial charge in [-0.1, -0.05) is 12.1 Å². The summed E-state index contributed by atoms with van der Waals surface area (Å²) < 4.78 is 13.9. The van der Waals surface area contributed by atoms with Crippen molar-refractivity contribution >= 4 is 17.5 Å². The topological polar surface area (TPSA) is 86.0 Å². The number of rotatable bonds is 3. The van der Waals surface area contributed by atoms with E-state index in [1.54, 1.807) is 24.3 Å². The maximum atomic E-state index is 13.9. The van der Waals surface area contributed by atoms with Gasteiger partial charge < -0.3 is 10.4 Å². The van der Waals surface area contributed by atoms with Crippen molar-refractivity contribution in [1.82, 2.24) is 4.98 Å². The number of nitrogens with zero attached hydrogens (tertiary/aromatic N) is 2. The molecule has 0 fully saturated rings. The fraction of sp³-hybridized carbons (Fsp3) is 0. The van der Waals surface area contributed by atoms with E-state index < -0.39 is 17.3 Å². The minimum atomic E-state index is -1.38. The van der Waals surface area contributed by atoms with Crippen molar-refractivity contribution in [3.8, 4) is 6.07 Å². The Balaban J connectivity index is 2.42. The van der Waals surface area contributed by atoms with Crippen molar-refractivity contribution in [2.24, 2.45) is 0 Å². The van der Waals surface area contributed by atoms with Crippen LogP contribution in [-0.4, -0.2) is 16.1 Å². The van der Waals surface area contributed by atoms with Crippen LogP contribution in [0.2, 0.25) is 0 Å². The summed E-state index contributed by atoms with van der Waals surface area (Å²) in [7, 11) is 0. The highest BCUT2D eigenvalue weighted by atomic mass is 19.1. The Bertz CT molecular complexity index is 680. The molecule has 0 saturated carbocycles. The summed E-state index contributed by atoms with van der Waals surface area (Å²) in [5, 5.41) is 20.3. The van der Waals surface area contributed by atoms with Gasteiger partial charge >= 0.3 is 5.97 Å². The van der Waals surface area contributed by atoms with E-state index in [9.17, 15) is 9.18 Å². The molecule has 0 aliphatic heterocycles. The van der Waals surface area contributed by atoms with Crippen LogP contribution in [0.5, 0.6) is 0 Å². The lowest BCUT2D eigenvalue weighted by atomic mass is 10.2. The lowest BCUT2D eigenvalue weighted by molar-refractivity contribution is 0.0692. The zero-order valence-electron chi connectivity index (χ0n) is 9.59. The highest BCUT2D eigenvalue weighted by Crippen LogP contribution is 2.22. The molecule has 1 aromatic heterocycles. The average molecular weight is 257 g/mol. The smallest absolute Gasteiger partial charge is 0.338 e. The highest BCUT2D eigenvalue weighted by Gasteiger charge is 2.15. The first-order chi connectivity index (χ1) is 9.13. The molecule has 2 aromatic rings. The number of pyridine rings is 1. The van der Waals surface area contributed by atoms with Gasteiger partial charge in [0.15, 0.2) is 11.6 Å². The van der Waals surface area contributed by atoms with Gasteiger partial charge in [-0.2, -0.15) is 5.26 Å². The molecule has 0 bridgehead atoms. The third-order valence-electron chi connectivity index (χ3n) is 2.42. The normalized spacial score (nSPS) is 9.68. The van der Waals surface area contributed by atoms with E-state index in [1.165, 1.54) is 6.20 Å². The zero-order chi connectivity index (χ0) is 13.8. The molecular weight excluding hydrogens is 249 g/mol. The van der Waals surface area contributed by atoms with Gasteiger partial charge in [0, 0.05) is 6.20 Å². The first kappa shape index (κ1) is 12.5. The zero-order valence-corrected chi connectivity index (χ0v) is 9.59. The van der Waals surface area contributed by atoms with Gasteiger partial charge in [-0.15, -0.1) is 0 Å². The number of aromatic nitrogens is 1. The molecule has 0 unspecified atom stereocenters. The van der Waals surface area contributed by atoms with Crippen molar-refractivity contribution < 1.29 is 14.3 Å². The number of aromatic carboxylic acids is 1. The number of benzene rings is 1. The molecule has 94 valence electrons. The number of hydrogen-bond acceptors (Lipinski definition) is 4. The second-order valence-corrected chi connectivity index (χ2v) is 3.61. The van der Waals surface area contributed by atoms with Gasteiger partial charge in [0.25, 0.3) is 0 Å². The van der Waals surface area contributed by atoms with Crippen molar-refractivity contribution in [3.05, 3.63) is 53.5 Å². The van der Waals surface area contributed by atoms with E-state index in [0.717, 1.165) is 6.07 Å². The molecule has 0 aliphatic carbocycles. The van der Waals surface area contributed by atoms with Crippen LogP contribution in [0.15, 0.2) is 36.5 Å². The standard InChI is InChI=1S/C13H8FN3O2/c14-11-9(13(18)19)5-6-16-12(11)17-10-4-2-1-3-8(10)7-15/h1-6H,(H,16,17)(H,18,19). The summed E-state index contributed by atoms with van der Waals surface area (Å²) in [6, 6.07) is 9.48. The lowest BCUT2D eigenvalue weighted by Gasteiger charge is -2.09. The Morgan fingerprint density at radius 2 is 2.11 bits per heavy atom. The van der Waals surface area contributed by atoms with E-state index in [4.69, 9.17) is 10.4 Å². The Morgan fingerprint density at radius 3 is 2.79 bits per heavy atom. The molecule has 2 N–H and O–H groups in total. The number of nitriles is 1. The van der Waals surface area contributed by atoms with Crippen LogP contribution in [0, 0.1) is 17.1 Å². The van der Waals surface area contributed by atoms with Crippen molar-refractivity contribution in [3.63, 3.8) is 0 Å². The molecule has 1 aromatic carbocycles. The van der Waals surface area contributed by atoms with Gasteiger partial charge in [-0.3, -0.25) is 0 Å². The molecule has 19 heavy (non-hydrogen) atoms. The second kappa shape index (κ2) is 5.14. The van der Waals surface area contributed by atoms with Crippen LogP contribution in [0.25, 0.3) is 0 Å². The first-order valence-electron chi connectivity index (χ1n) is 5.27. The fourth-order valence-corrected chi connectivity index (χ4v) is 1.51. The maximum absolute atomic E-state index is 13.9. The molecule has 6 heteroatoms. The maximum Gasteiger partial charge on any atom is 0.338 e. The SMILES string of the molecule is N#Cc1ccccc1Nc1nccc(C(=O)O)c1F. The molecule has 0 spiro atoms. The summed E-state index contributed by atoms with van der Waals surface area (Å²) in [5.41, 5.74) is 0.190. The van der Waals surface area contributed by atoms with Crippen LogP contribution >= 0.6 is 0 Å². The van der Waals surface area contributed by atoms with Gasteiger partial charge in [0.05, 0.1) is 11.3 Å². The molecule has 0 saturated heterocycles. The molecule has 1 heterocycles. The van der Waals surface area contributed by atoms with Crippen molar-refractivity contribution in [2.45, 2.75) is 0 Å². The van der Waals surface area contributed by atoms with E-state index in [-0.39, 0.29) is 5.82 Å². The average Bonchev–Trinajstić information content (AvgIpc) is 2.41. The minimum absolute atomic E-state index is 0.234. The first-order valence-corrected chi connectivity index (χ1v) is 5.27. The van der Waals surface area contributed by atoms with Gasteiger partial charge in [-0.25, -0.2) is 14.2 Å². The number of carboxylic acid groups (broad SMARTS) is 1. The number of nitrogens with one attached hydrogen (secondary N) is 1. The van der Waals surface area contributed by atoms with E-state index in [1.807, 2.05) is 6.07 Å². The number of hydrogen-bond donors (Lipinski definition) is 2. The second-order valence-electron chi connectivity index (χ2n) is 3.61. The molecule has 0 radical (unpaired) electrons. The largest absolute Gasteiger partial charge is 0.478 e. The summed E-state index contributed by atoms with van der Waals surface area (Å²) in [4.78, 5) is 14.5. The number of anilines is 2. The van der Waals surface area contributed by atoms with Crippen molar-refractivity contribution in [1.29, 1.82) is 5.26 Å². The number of carbonyl (C=O) groups is 1. The molecule has 0 amide bonds. The summed E-state index contributed by atoms with van der Waals surface area (Å²) in [5.74, 6) is -2.58. The van der Waals surface area contributed by atoms with E-state index in [2.05, 4.69) is 10.3 Å². The van der Waals surface area contributed by atoms with Crippen LogP contribution in [0.1, 0.15) is 15.9 Å². The van der Waals surface area contributed by atoms with Crippen molar-refractivity contribution in [2.75, 3.05) is 5.32 Å². The predicted octanol–water partition coefficient (Wildman–Crippen LogP) is 2.53. The Kier molecular flexibility index (Phi) is 3.39. The highest BCUT2D eigenvalue weighted by molar-refractivity contribution is 5.89. The lowest BCUT2D eigenvalue weighted by Crippen LogP contribution is -2.06. The molecule has 0 atom stereocenters. The van der Waals surface area contributed by atoms with E-state index >= 15 is 0 Å². The molecule has 0 aliphatic rings. The summed E-state index contributed by atoms with van der Waals surface area (Å²) in [6.45, 7) is 0. The predicted molar refractivity (Wildman–Crippen MR) is 65.6 cm³/mol. The van der Waals surface area contributed by atoms with Crippen LogP contribution in [-0.2, 0) is 0 Å². The van der Waals surface area contributed by atoms with Gasteiger partial charge in [-0.05, 0) is 18.2 Å².